The highest BCUT2D eigenvalue weighted by Gasteiger charge is 2.28. The summed E-state index contributed by atoms with van der Waals surface area (Å²) in [7, 11) is 1.61. The molecule has 1 saturated heterocycles. The Bertz CT molecular complexity index is 334. The van der Waals surface area contributed by atoms with E-state index in [0.29, 0.717) is 11.8 Å². The van der Waals surface area contributed by atoms with Gasteiger partial charge in [0.1, 0.15) is 0 Å². The summed E-state index contributed by atoms with van der Waals surface area (Å²) in [6.45, 7) is 1.89. The molecular formula is C9H14Cl2N2O2S4. The van der Waals surface area contributed by atoms with Crippen LogP contribution in [0.2, 0.25) is 0 Å². The average Bonchev–Trinajstić information content (AvgIpc) is 2.45. The van der Waals surface area contributed by atoms with Crippen molar-refractivity contribution in [2.45, 2.75) is 11.7 Å². The molecule has 0 aliphatic carbocycles. The maximum Gasteiger partial charge on any atom is 0.445 e. The first-order chi connectivity index (χ1) is 9.00. The van der Waals surface area contributed by atoms with E-state index >= 15 is 0 Å². The molecule has 0 bridgehead atoms. The number of halogens is 2. The van der Waals surface area contributed by atoms with Crippen molar-refractivity contribution in [2.75, 3.05) is 29.0 Å². The molecule has 1 heterocycles. The smallest absolute Gasteiger partial charge is 0.296 e. The van der Waals surface area contributed by atoms with Crippen LogP contribution in [-0.2, 0) is 4.84 Å². The second-order valence-corrected chi connectivity index (χ2v) is 9.90. The Kier molecular flexibility index (Phi) is 8.55. The third kappa shape index (κ3) is 6.48. The van der Waals surface area contributed by atoms with Crippen LogP contribution in [0, 0.1) is 0 Å². The second kappa shape index (κ2) is 9.04. The van der Waals surface area contributed by atoms with Crippen LogP contribution in [-0.4, -0.2) is 48.5 Å². The number of carbonyl (C=O) groups excluding carboxylic acids is 1. The molecule has 1 fully saturated rings. The third-order valence-corrected chi connectivity index (χ3v) is 8.18. The van der Waals surface area contributed by atoms with Gasteiger partial charge < -0.3 is 0 Å². The largest absolute Gasteiger partial charge is 0.445 e. The topological polar surface area (TPSA) is 41.9 Å². The van der Waals surface area contributed by atoms with Gasteiger partial charge >= 0.3 is 6.09 Å². The molecule has 0 radical (unpaired) electrons. The van der Waals surface area contributed by atoms with Crippen molar-refractivity contribution >= 4 is 80.9 Å². The molecular weight excluding hydrogens is 367 g/mol. The zero-order valence-corrected chi connectivity index (χ0v) is 15.2. The van der Waals surface area contributed by atoms with Crippen molar-refractivity contribution in [3.05, 3.63) is 0 Å². The fraction of sp³-hybridized carbons (Fsp3) is 0.778. The summed E-state index contributed by atoms with van der Waals surface area (Å²) < 4.78 is 1.74. The quantitative estimate of drug-likeness (QED) is 0.305. The van der Waals surface area contributed by atoms with Gasteiger partial charge in [-0.2, -0.15) is 0 Å². The maximum atomic E-state index is 11.8. The highest BCUT2D eigenvalue weighted by atomic mass is 35.5. The van der Waals surface area contributed by atoms with Crippen LogP contribution in [0.5, 0.6) is 0 Å². The number of rotatable bonds is 5. The van der Waals surface area contributed by atoms with E-state index in [-0.39, 0.29) is 0 Å². The number of hydrogen-bond donors (Lipinski definition) is 0. The van der Waals surface area contributed by atoms with Crippen LogP contribution >= 0.6 is 70.4 Å². The van der Waals surface area contributed by atoms with E-state index in [1.54, 1.807) is 30.6 Å². The Hall–Kier alpha value is 0.920. The predicted molar refractivity (Wildman–Crippen MR) is 91.6 cm³/mol. The highest BCUT2D eigenvalue weighted by molar-refractivity contribution is 8.48. The van der Waals surface area contributed by atoms with Crippen molar-refractivity contribution in [3.63, 3.8) is 0 Å². The molecule has 0 spiro atoms. The van der Waals surface area contributed by atoms with E-state index in [1.807, 2.05) is 18.7 Å². The first kappa shape index (κ1) is 18.0. The van der Waals surface area contributed by atoms with Crippen LogP contribution in [0.25, 0.3) is 0 Å². The number of oxime groups is 1. The standard InChI is InChI=1S/C9H14Cl2N2O2S4/c1-9(3-10,4-11)19-13(2)8(14)15-12-7-17-5-16-6-18-7/h3-6H2,1-2H3. The Morgan fingerprint density at radius 3 is 2.58 bits per heavy atom. The predicted octanol–water partition coefficient (Wildman–Crippen LogP) is 4.34. The number of alkyl halides is 2. The second-order valence-electron chi connectivity index (χ2n) is 3.75. The number of amides is 1. The summed E-state index contributed by atoms with van der Waals surface area (Å²) in [5, 5.41) is 5.71. The van der Waals surface area contributed by atoms with Gasteiger partial charge in [0.2, 0.25) is 0 Å². The molecule has 0 unspecified atom stereocenters. The molecule has 10 heteroatoms. The Balaban J connectivity index is 2.44. The number of carbonyl (C=O) groups is 1. The number of thioether (sulfide) groups is 3. The minimum absolute atomic E-state index is 0.343. The molecule has 0 aromatic heterocycles. The van der Waals surface area contributed by atoms with Gasteiger partial charge in [-0.05, 0) is 18.9 Å². The van der Waals surface area contributed by atoms with Crippen LogP contribution in [0.1, 0.15) is 6.92 Å². The molecule has 19 heavy (non-hydrogen) atoms. The molecule has 0 saturated carbocycles. The van der Waals surface area contributed by atoms with Crippen LogP contribution < -0.4 is 0 Å². The van der Waals surface area contributed by atoms with Crippen molar-refractivity contribution in [2.24, 2.45) is 5.16 Å². The molecule has 1 aliphatic heterocycles. The van der Waals surface area contributed by atoms with Gasteiger partial charge in [-0.3, -0.25) is 9.14 Å². The summed E-state index contributed by atoms with van der Waals surface area (Å²) in [5.74, 6) is 0.687. The van der Waals surface area contributed by atoms with E-state index < -0.39 is 10.8 Å². The van der Waals surface area contributed by atoms with E-state index in [9.17, 15) is 4.79 Å². The molecule has 1 aliphatic rings. The van der Waals surface area contributed by atoms with Gasteiger partial charge in [-0.15, -0.1) is 35.0 Å². The van der Waals surface area contributed by atoms with Crippen molar-refractivity contribution in [3.8, 4) is 0 Å². The van der Waals surface area contributed by atoms with Crippen LogP contribution in [0.15, 0.2) is 5.16 Å². The van der Waals surface area contributed by atoms with E-state index in [0.717, 1.165) is 14.5 Å². The minimum Gasteiger partial charge on any atom is -0.296 e. The van der Waals surface area contributed by atoms with Crippen molar-refractivity contribution in [1.82, 2.24) is 4.31 Å². The summed E-state index contributed by atoms with van der Waals surface area (Å²) in [6, 6.07) is 0. The molecule has 0 aromatic carbocycles. The van der Waals surface area contributed by atoms with E-state index in [1.165, 1.54) is 16.3 Å². The Labute approximate surface area is 140 Å². The number of nitrogens with zero attached hydrogens (tertiary/aromatic N) is 2. The third-order valence-electron chi connectivity index (χ3n) is 1.91. The van der Waals surface area contributed by atoms with Crippen LogP contribution in [0.4, 0.5) is 4.79 Å². The van der Waals surface area contributed by atoms with Gasteiger partial charge in [0.15, 0.2) is 4.38 Å². The molecule has 1 rings (SSSR count). The lowest BCUT2D eigenvalue weighted by molar-refractivity contribution is 0.137. The highest BCUT2D eigenvalue weighted by Crippen LogP contribution is 2.32. The van der Waals surface area contributed by atoms with Gasteiger partial charge in [0.25, 0.3) is 0 Å². The maximum absolute atomic E-state index is 11.8. The molecule has 0 N–H and O–H groups in total. The average molecular weight is 381 g/mol. The Morgan fingerprint density at radius 2 is 2.05 bits per heavy atom. The first-order valence-electron chi connectivity index (χ1n) is 5.18. The van der Waals surface area contributed by atoms with Gasteiger partial charge in [0, 0.05) is 29.0 Å². The van der Waals surface area contributed by atoms with Gasteiger partial charge in [-0.25, -0.2) is 4.79 Å². The Morgan fingerprint density at radius 1 is 1.47 bits per heavy atom. The lowest BCUT2D eigenvalue weighted by Crippen LogP contribution is -2.32. The van der Waals surface area contributed by atoms with E-state index in [2.05, 4.69) is 5.16 Å². The molecule has 1 amide bonds. The monoisotopic (exact) mass is 380 g/mol. The van der Waals surface area contributed by atoms with Gasteiger partial charge in [0.05, 0.1) is 4.75 Å². The first-order valence-corrected chi connectivity index (χ1v) is 10.1. The van der Waals surface area contributed by atoms with Crippen LogP contribution in [0.3, 0.4) is 0 Å². The summed E-state index contributed by atoms with van der Waals surface area (Å²) in [5.41, 5.74) is 0. The summed E-state index contributed by atoms with van der Waals surface area (Å²) in [4.78, 5) is 16.7. The minimum atomic E-state index is -0.529. The summed E-state index contributed by atoms with van der Waals surface area (Å²) in [6.07, 6.45) is -0.529. The zero-order valence-electron chi connectivity index (χ0n) is 10.4. The number of hydrogen-bond acceptors (Lipinski definition) is 7. The van der Waals surface area contributed by atoms with E-state index in [4.69, 9.17) is 28.0 Å². The van der Waals surface area contributed by atoms with Crippen molar-refractivity contribution < 1.29 is 9.63 Å². The molecule has 0 atom stereocenters. The molecule has 110 valence electrons. The van der Waals surface area contributed by atoms with Crippen molar-refractivity contribution in [1.29, 1.82) is 0 Å². The molecule has 4 nitrogen and oxygen atoms in total. The SMILES string of the molecule is CN(SC(C)(CCl)CCl)C(=O)ON=C1SCSCS1. The normalized spacial score (nSPS) is 16.1. The van der Waals surface area contributed by atoms with Gasteiger partial charge in [-0.1, -0.05) is 28.7 Å². The lowest BCUT2D eigenvalue weighted by Gasteiger charge is -2.27. The molecule has 0 aromatic rings. The zero-order chi connectivity index (χ0) is 14.3. The lowest BCUT2D eigenvalue weighted by atomic mass is 10.2. The summed E-state index contributed by atoms with van der Waals surface area (Å²) >= 11 is 17.9. The fourth-order valence-corrected chi connectivity index (χ4v) is 6.08. The fourth-order valence-electron chi connectivity index (χ4n) is 0.899.